The summed E-state index contributed by atoms with van der Waals surface area (Å²) >= 11 is 0. The Hall–Kier alpha value is -2.65. The molecule has 62 heavy (non-hydrogen) atoms. The summed E-state index contributed by atoms with van der Waals surface area (Å²) in [6.45, 7) is 20.0. The number of hydrogen-bond acceptors (Lipinski definition) is 1. The first kappa shape index (κ1) is 50.4. The minimum atomic E-state index is -1.66. The monoisotopic (exact) mass is 900 g/mol. The van der Waals surface area contributed by atoms with Crippen molar-refractivity contribution in [1.29, 1.82) is 0 Å². The van der Waals surface area contributed by atoms with E-state index >= 15 is 0 Å². The van der Waals surface area contributed by atoms with Crippen LogP contribution in [0.1, 0.15) is 135 Å². The maximum Gasteiger partial charge on any atom is 0.0867 e. The van der Waals surface area contributed by atoms with Gasteiger partial charge in [0.25, 0.3) is 0 Å². The van der Waals surface area contributed by atoms with Gasteiger partial charge >= 0.3 is 0 Å². The third-order valence-corrected chi connectivity index (χ3v) is 30.6. The van der Waals surface area contributed by atoms with Crippen molar-refractivity contribution in [2.45, 2.75) is 175 Å². The molecule has 0 unspecified atom stereocenters. The molecule has 0 saturated carbocycles. The first-order valence-electron chi connectivity index (χ1n) is 25.0. The first-order valence-corrected chi connectivity index (χ1v) is 32.9. The lowest BCUT2D eigenvalue weighted by Crippen LogP contribution is -2.48. The van der Waals surface area contributed by atoms with Gasteiger partial charge < -0.3 is 0 Å². The molecule has 0 bridgehead atoms. The number of benzene rings is 5. The van der Waals surface area contributed by atoms with Crippen LogP contribution in [0.3, 0.4) is 0 Å². The summed E-state index contributed by atoms with van der Waals surface area (Å²) in [5.41, 5.74) is 4.16. The summed E-state index contributed by atoms with van der Waals surface area (Å²) in [5, 5.41) is 9.38. The molecule has 0 heterocycles. The quantitative estimate of drug-likeness (QED) is 0.0357. The molecule has 0 aliphatic heterocycles. The molecule has 334 valence electrons. The highest BCUT2D eigenvalue weighted by atomic mass is 31.2. The maximum atomic E-state index is 3.00. The van der Waals surface area contributed by atoms with Gasteiger partial charge in [-0.15, -0.1) is 0 Å². The fourth-order valence-electron chi connectivity index (χ4n) is 9.99. The molecular formula is C57H83NP2Si2. The lowest BCUT2D eigenvalue weighted by molar-refractivity contribution is 0.717. The van der Waals surface area contributed by atoms with Gasteiger partial charge in [0, 0.05) is 22.7 Å². The molecule has 0 aliphatic carbocycles. The zero-order valence-electron chi connectivity index (χ0n) is 40.4. The Balaban J connectivity index is 1.79. The van der Waals surface area contributed by atoms with Crippen LogP contribution in [0.25, 0.3) is 0 Å². The van der Waals surface area contributed by atoms with Crippen LogP contribution < -0.4 is 31.6 Å². The van der Waals surface area contributed by atoms with Crippen molar-refractivity contribution in [3.05, 3.63) is 144 Å². The van der Waals surface area contributed by atoms with Gasteiger partial charge in [-0.05, 0) is 51.8 Å². The Kier molecular flexibility index (Phi) is 21.4. The van der Waals surface area contributed by atoms with Gasteiger partial charge in [-0.25, -0.2) is 4.44 Å². The van der Waals surface area contributed by atoms with Crippen LogP contribution in [-0.4, -0.2) is 20.6 Å². The van der Waals surface area contributed by atoms with Crippen molar-refractivity contribution in [2.75, 3.05) is 0 Å². The first-order chi connectivity index (χ1) is 30.3. The molecule has 1 nitrogen and oxygen atoms in total. The topological polar surface area (TPSA) is 3.24 Å². The van der Waals surface area contributed by atoms with E-state index in [9.17, 15) is 0 Å². The number of aryl methyl sites for hydroxylation is 2. The predicted octanol–water partition coefficient (Wildman–Crippen LogP) is 15.3. The zero-order valence-corrected chi connectivity index (χ0v) is 44.2. The Morgan fingerprint density at radius 3 is 1.02 bits per heavy atom. The Labute approximate surface area is 385 Å². The number of hydrogen-bond donors (Lipinski definition) is 0. The lowest BCUT2D eigenvalue weighted by atomic mass is 10.2. The van der Waals surface area contributed by atoms with E-state index in [2.05, 4.69) is 187 Å². The molecule has 0 aromatic heterocycles. The summed E-state index contributed by atoms with van der Waals surface area (Å²) in [6, 6.07) is 59.7. The van der Waals surface area contributed by atoms with Crippen molar-refractivity contribution in [3.8, 4) is 0 Å². The second kappa shape index (κ2) is 26.3. The van der Waals surface area contributed by atoms with Gasteiger partial charge in [-0.2, -0.15) is 0 Å². The summed E-state index contributed by atoms with van der Waals surface area (Å²) in [6.07, 6.45) is 15.9. The minimum absolute atomic E-state index is 0.895. The van der Waals surface area contributed by atoms with E-state index in [0.717, 1.165) is 6.54 Å². The Morgan fingerprint density at radius 2 is 0.694 bits per heavy atom. The zero-order chi connectivity index (χ0) is 44.2. The molecule has 0 radical (unpaired) electrons. The van der Waals surface area contributed by atoms with Crippen molar-refractivity contribution in [2.24, 2.45) is 0 Å². The van der Waals surface area contributed by atoms with E-state index in [-0.39, 0.29) is 0 Å². The molecular weight excluding hydrogens is 817 g/mol. The normalized spacial score (nSPS) is 12.2. The number of rotatable bonds is 28. The van der Waals surface area contributed by atoms with Gasteiger partial charge in [0.1, 0.15) is 0 Å². The van der Waals surface area contributed by atoms with Gasteiger partial charge in [-0.3, -0.25) is 0 Å². The molecule has 0 N–H and O–H groups in total. The van der Waals surface area contributed by atoms with E-state index in [1.165, 1.54) is 151 Å². The average Bonchev–Trinajstić information content (AvgIpc) is 3.31. The summed E-state index contributed by atoms with van der Waals surface area (Å²) in [5.74, 6) is 0. The Bertz CT molecular complexity index is 1830. The number of unbranched alkanes of at least 4 members (excludes halogenated alkanes) is 6. The van der Waals surface area contributed by atoms with Crippen molar-refractivity contribution >= 4 is 63.9 Å². The highest BCUT2D eigenvalue weighted by Crippen LogP contribution is 2.56. The van der Waals surface area contributed by atoms with Crippen LogP contribution in [0.5, 0.6) is 0 Å². The fourth-order valence-corrected chi connectivity index (χ4v) is 27.4. The second-order valence-electron chi connectivity index (χ2n) is 18.5. The molecule has 0 amide bonds. The number of nitrogens with zero attached hydrogens (tertiary/aromatic N) is 1. The van der Waals surface area contributed by atoms with Crippen LogP contribution in [-0.2, 0) is 6.54 Å². The summed E-state index contributed by atoms with van der Waals surface area (Å²) in [7, 11) is -5.14. The SMILES string of the molecule is CCCC[Si](CCCC)(CCCC)c1ccc(P(c2ccc([Si](CCCC)(CCCC)CCCC)cc2)N(Cc2ccccc2)P(c2ccccc2C)c2ccccc2C)cc1. The van der Waals surface area contributed by atoms with Crippen LogP contribution in [0.2, 0.25) is 36.3 Å². The van der Waals surface area contributed by atoms with Crippen molar-refractivity contribution < 1.29 is 0 Å². The van der Waals surface area contributed by atoms with E-state index in [4.69, 9.17) is 0 Å². The fraction of sp³-hybridized carbons (Fsp3) is 0.474. The highest BCUT2D eigenvalue weighted by molar-refractivity contribution is 7.84. The molecule has 0 saturated heterocycles. The predicted molar refractivity (Wildman–Crippen MR) is 289 cm³/mol. The summed E-state index contributed by atoms with van der Waals surface area (Å²) in [4.78, 5) is 0. The van der Waals surface area contributed by atoms with E-state index < -0.39 is 32.3 Å². The maximum absolute atomic E-state index is 3.00. The van der Waals surface area contributed by atoms with Crippen LogP contribution in [0, 0.1) is 13.8 Å². The molecule has 5 aromatic rings. The molecule has 0 aliphatic rings. The van der Waals surface area contributed by atoms with E-state index in [0.29, 0.717) is 0 Å². The standard InChI is InChI=1S/C57H83NP2Si2/c1-9-15-42-61(43-16-10-2,44-17-11-3)54-38-34-52(35-39-54)59(53-36-40-55(41-37-53)62(45-18-12-4,46-19-13-5)47-20-14-6)58(48-51-30-22-21-23-31-51)60(56-32-26-24-28-49(56)7)57-33-27-25-29-50(57)8/h21-41H,9-20,42-48H2,1-8H3. The van der Waals surface area contributed by atoms with Gasteiger partial charge in [0.15, 0.2) is 0 Å². The van der Waals surface area contributed by atoms with Gasteiger partial charge in [-0.1, -0.05) is 293 Å². The largest absolute Gasteiger partial charge is 0.240 e. The third kappa shape index (κ3) is 13.2. The molecule has 5 rings (SSSR count). The smallest absolute Gasteiger partial charge is 0.0867 e. The van der Waals surface area contributed by atoms with Crippen molar-refractivity contribution in [1.82, 2.24) is 4.44 Å². The molecule has 0 spiro atoms. The van der Waals surface area contributed by atoms with E-state index in [1.54, 1.807) is 10.4 Å². The molecule has 5 aromatic carbocycles. The van der Waals surface area contributed by atoms with Crippen molar-refractivity contribution in [3.63, 3.8) is 0 Å². The van der Waals surface area contributed by atoms with Crippen LogP contribution in [0.15, 0.2) is 127 Å². The molecule has 5 heteroatoms. The van der Waals surface area contributed by atoms with Crippen LogP contribution >= 0.6 is 16.1 Å². The minimum Gasteiger partial charge on any atom is -0.240 e. The van der Waals surface area contributed by atoms with Gasteiger partial charge in [0.05, 0.1) is 16.1 Å². The summed E-state index contributed by atoms with van der Waals surface area (Å²) < 4.78 is 3.00. The molecule has 0 fully saturated rings. The van der Waals surface area contributed by atoms with Crippen LogP contribution in [0.4, 0.5) is 0 Å². The van der Waals surface area contributed by atoms with Gasteiger partial charge in [0.2, 0.25) is 0 Å². The highest BCUT2D eigenvalue weighted by Gasteiger charge is 2.37. The second-order valence-corrected chi connectivity index (χ2v) is 32.3. The lowest BCUT2D eigenvalue weighted by Gasteiger charge is -2.41. The Morgan fingerprint density at radius 1 is 0.371 bits per heavy atom. The third-order valence-electron chi connectivity index (χ3n) is 13.8. The van der Waals surface area contributed by atoms with E-state index in [1.807, 2.05) is 0 Å². The average molecular weight is 900 g/mol. The molecule has 0 atom stereocenters.